The quantitative estimate of drug-likeness (QED) is 0.862. The van der Waals surface area contributed by atoms with Gasteiger partial charge in [0.15, 0.2) is 5.69 Å². The summed E-state index contributed by atoms with van der Waals surface area (Å²) in [5.41, 5.74) is -0.651. The lowest BCUT2D eigenvalue weighted by atomic mass is 10.2. The van der Waals surface area contributed by atoms with Gasteiger partial charge in [0.2, 0.25) is 5.91 Å². The minimum atomic E-state index is -4.44. The number of aromatic nitrogens is 2. The third-order valence-electron chi connectivity index (χ3n) is 2.03. The van der Waals surface area contributed by atoms with Crippen LogP contribution in [-0.4, -0.2) is 35.1 Å². The second kappa shape index (κ2) is 4.54. The first-order valence-electron chi connectivity index (χ1n) is 4.62. The first-order valence-corrected chi connectivity index (χ1v) is 4.62. The fourth-order valence-electron chi connectivity index (χ4n) is 1.10. The van der Waals surface area contributed by atoms with Crippen LogP contribution in [-0.2, 0) is 17.4 Å². The van der Waals surface area contributed by atoms with E-state index in [1.807, 2.05) is 0 Å². The number of hydrogen-bond donors (Lipinski definition) is 1. The molecule has 1 rings (SSSR count). The molecule has 0 radical (unpaired) electrons. The molecule has 0 atom stereocenters. The molecule has 16 heavy (non-hydrogen) atoms. The van der Waals surface area contributed by atoms with Gasteiger partial charge in [0.05, 0.1) is 0 Å². The van der Waals surface area contributed by atoms with Crippen molar-refractivity contribution in [2.75, 3.05) is 14.1 Å². The number of rotatable bonds is 3. The van der Waals surface area contributed by atoms with Crippen LogP contribution in [0.5, 0.6) is 0 Å². The van der Waals surface area contributed by atoms with Gasteiger partial charge in [0.1, 0.15) is 0 Å². The highest BCUT2D eigenvalue weighted by atomic mass is 19.4. The molecule has 0 aliphatic rings. The number of carbonyl (C=O) groups excluding carboxylic acids is 1. The smallest absolute Gasteiger partial charge is 0.349 e. The lowest BCUT2D eigenvalue weighted by molar-refractivity contribution is -0.141. The molecule has 0 bridgehead atoms. The molecule has 90 valence electrons. The van der Waals surface area contributed by atoms with Crippen molar-refractivity contribution in [3.63, 3.8) is 0 Å². The van der Waals surface area contributed by atoms with E-state index in [4.69, 9.17) is 0 Å². The predicted octanol–water partition coefficient (Wildman–Crippen LogP) is 1.45. The van der Waals surface area contributed by atoms with E-state index < -0.39 is 11.9 Å². The summed E-state index contributed by atoms with van der Waals surface area (Å²) >= 11 is 0. The molecule has 1 aromatic rings. The minimum Gasteiger partial charge on any atom is -0.349 e. The number of amides is 1. The lowest BCUT2D eigenvalue weighted by Crippen LogP contribution is -2.21. The number of H-pyrrole nitrogens is 1. The van der Waals surface area contributed by atoms with E-state index in [2.05, 4.69) is 10.2 Å². The van der Waals surface area contributed by atoms with Crippen molar-refractivity contribution in [2.24, 2.45) is 0 Å². The first-order chi connectivity index (χ1) is 7.30. The van der Waals surface area contributed by atoms with Crippen molar-refractivity contribution in [1.29, 1.82) is 0 Å². The molecule has 0 fully saturated rings. The SMILES string of the molecule is CN(C)C(=O)CCc1cc(C(F)(F)F)n[nH]1. The van der Waals surface area contributed by atoms with Gasteiger partial charge in [-0.3, -0.25) is 9.89 Å². The van der Waals surface area contributed by atoms with E-state index in [-0.39, 0.29) is 18.7 Å². The predicted molar refractivity (Wildman–Crippen MR) is 50.6 cm³/mol. The highest BCUT2D eigenvalue weighted by molar-refractivity contribution is 5.75. The summed E-state index contributed by atoms with van der Waals surface area (Å²) in [6, 6.07) is 0.920. The van der Waals surface area contributed by atoms with E-state index in [1.165, 1.54) is 4.90 Å². The Hall–Kier alpha value is -1.53. The molecule has 4 nitrogen and oxygen atoms in total. The van der Waals surface area contributed by atoms with Gasteiger partial charge in [-0.2, -0.15) is 18.3 Å². The highest BCUT2D eigenvalue weighted by Gasteiger charge is 2.33. The van der Waals surface area contributed by atoms with Crippen LogP contribution < -0.4 is 0 Å². The van der Waals surface area contributed by atoms with Crippen LogP contribution >= 0.6 is 0 Å². The number of carbonyl (C=O) groups is 1. The molecule has 0 spiro atoms. The molecule has 0 aliphatic carbocycles. The van der Waals surface area contributed by atoms with Crippen LogP contribution in [0.1, 0.15) is 17.8 Å². The number of aryl methyl sites for hydroxylation is 1. The van der Waals surface area contributed by atoms with E-state index in [9.17, 15) is 18.0 Å². The first kappa shape index (κ1) is 12.5. The van der Waals surface area contributed by atoms with Crippen molar-refractivity contribution in [3.8, 4) is 0 Å². The fraction of sp³-hybridized carbons (Fsp3) is 0.556. The van der Waals surface area contributed by atoms with Crippen LogP contribution in [0.25, 0.3) is 0 Å². The second-order valence-corrected chi connectivity index (χ2v) is 3.56. The van der Waals surface area contributed by atoms with E-state index in [0.29, 0.717) is 5.69 Å². The molecule has 1 heterocycles. The van der Waals surface area contributed by atoms with Gasteiger partial charge in [-0.1, -0.05) is 0 Å². The van der Waals surface area contributed by atoms with Crippen LogP contribution in [0.3, 0.4) is 0 Å². The second-order valence-electron chi connectivity index (χ2n) is 3.56. The fourth-order valence-corrected chi connectivity index (χ4v) is 1.10. The van der Waals surface area contributed by atoms with Crippen LogP contribution in [0.2, 0.25) is 0 Å². The summed E-state index contributed by atoms with van der Waals surface area (Å²) in [5, 5.41) is 5.40. The van der Waals surface area contributed by atoms with Gasteiger partial charge < -0.3 is 4.90 Å². The lowest BCUT2D eigenvalue weighted by Gasteiger charge is -2.08. The standard InChI is InChI=1S/C9H12F3N3O/c1-15(2)8(16)4-3-6-5-7(14-13-6)9(10,11)12/h5H,3-4H2,1-2H3,(H,13,14). The Kier molecular flexibility index (Phi) is 3.56. The molecule has 1 amide bonds. The minimum absolute atomic E-state index is 0.136. The number of nitrogens with zero attached hydrogens (tertiary/aromatic N) is 2. The van der Waals surface area contributed by atoms with Gasteiger partial charge in [0.25, 0.3) is 0 Å². The largest absolute Gasteiger partial charge is 0.435 e. The maximum atomic E-state index is 12.2. The van der Waals surface area contributed by atoms with Crippen molar-refractivity contribution < 1.29 is 18.0 Å². The average molecular weight is 235 g/mol. The Morgan fingerprint density at radius 1 is 1.50 bits per heavy atom. The summed E-state index contributed by atoms with van der Waals surface area (Å²) in [6.45, 7) is 0. The molecule has 0 saturated carbocycles. The maximum absolute atomic E-state index is 12.2. The molecular formula is C9H12F3N3O. The number of alkyl halides is 3. The number of hydrogen-bond acceptors (Lipinski definition) is 2. The number of halogens is 3. The Labute approximate surface area is 90.4 Å². The monoisotopic (exact) mass is 235 g/mol. The molecule has 0 aliphatic heterocycles. The van der Waals surface area contributed by atoms with Crippen molar-refractivity contribution >= 4 is 5.91 Å². The molecule has 7 heteroatoms. The Morgan fingerprint density at radius 2 is 2.12 bits per heavy atom. The molecule has 0 aromatic carbocycles. The summed E-state index contributed by atoms with van der Waals surface area (Å²) in [5.74, 6) is -0.136. The zero-order valence-corrected chi connectivity index (χ0v) is 8.93. The maximum Gasteiger partial charge on any atom is 0.435 e. The Balaban J connectivity index is 2.57. The van der Waals surface area contributed by atoms with Crippen LogP contribution in [0.4, 0.5) is 13.2 Å². The topological polar surface area (TPSA) is 49.0 Å². The zero-order chi connectivity index (χ0) is 12.3. The van der Waals surface area contributed by atoms with Gasteiger partial charge in [-0.25, -0.2) is 0 Å². The third-order valence-corrected chi connectivity index (χ3v) is 2.03. The van der Waals surface area contributed by atoms with E-state index in [0.717, 1.165) is 6.07 Å². The van der Waals surface area contributed by atoms with Crippen molar-refractivity contribution in [1.82, 2.24) is 15.1 Å². The Bertz CT molecular complexity index is 370. The molecule has 1 aromatic heterocycles. The van der Waals surface area contributed by atoms with E-state index in [1.54, 1.807) is 14.1 Å². The molecule has 1 N–H and O–H groups in total. The van der Waals surface area contributed by atoms with Crippen molar-refractivity contribution in [2.45, 2.75) is 19.0 Å². The summed E-state index contributed by atoms with van der Waals surface area (Å²) < 4.78 is 36.5. The summed E-state index contributed by atoms with van der Waals surface area (Å²) in [7, 11) is 3.19. The zero-order valence-electron chi connectivity index (χ0n) is 8.93. The van der Waals surface area contributed by atoms with E-state index >= 15 is 0 Å². The molecule has 0 saturated heterocycles. The van der Waals surface area contributed by atoms with Gasteiger partial charge in [-0.05, 0) is 12.5 Å². The summed E-state index contributed by atoms with van der Waals surface area (Å²) in [4.78, 5) is 12.6. The average Bonchev–Trinajstić information content (AvgIpc) is 2.61. The van der Waals surface area contributed by atoms with Crippen LogP contribution in [0.15, 0.2) is 6.07 Å². The van der Waals surface area contributed by atoms with Crippen LogP contribution in [0, 0.1) is 0 Å². The third kappa shape index (κ3) is 3.25. The molecule has 0 unspecified atom stereocenters. The van der Waals surface area contributed by atoms with Gasteiger partial charge >= 0.3 is 6.18 Å². The Morgan fingerprint density at radius 3 is 2.56 bits per heavy atom. The molecular weight excluding hydrogens is 223 g/mol. The van der Waals surface area contributed by atoms with Crippen molar-refractivity contribution in [3.05, 3.63) is 17.5 Å². The van der Waals surface area contributed by atoms with Gasteiger partial charge in [-0.15, -0.1) is 0 Å². The number of nitrogens with one attached hydrogen (secondary N) is 1. The highest BCUT2D eigenvalue weighted by Crippen LogP contribution is 2.27. The summed E-state index contributed by atoms with van der Waals surface area (Å²) in [6.07, 6.45) is -4.06. The van der Waals surface area contributed by atoms with Gasteiger partial charge in [0, 0.05) is 26.2 Å². The number of aromatic amines is 1. The normalized spacial score (nSPS) is 11.6.